The highest BCUT2D eigenvalue weighted by atomic mass is 16.6. The maximum atomic E-state index is 12.2. The Kier molecular flexibility index (Phi) is 42.9. The van der Waals surface area contributed by atoms with Crippen molar-refractivity contribution in [3.05, 3.63) is 36.5 Å². The van der Waals surface area contributed by atoms with Crippen molar-refractivity contribution in [3.63, 3.8) is 0 Å². The van der Waals surface area contributed by atoms with Gasteiger partial charge in [-0.1, -0.05) is 198 Å². The van der Waals surface area contributed by atoms with Crippen molar-refractivity contribution in [2.45, 2.75) is 245 Å². The van der Waals surface area contributed by atoms with Crippen LogP contribution in [0.4, 0.5) is 0 Å². The van der Waals surface area contributed by atoms with Gasteiger partial charge in [-0.05, 0) is 64.2 Å². The van der Waals surface area contributed by atoms with Gasteiger partial charge in [0, 0.05) is 12.8 Å². The van der Waals surface area contributed by atoms with Gasteiger partial charge in [-0.2, -0.15) is 0 Å². The number of carbonyl (C=O) groups is 2. The standard InChI is InChI=1S/C48H88O5/c1-3-5-7-9-11-13-15-17-19-20-21-22-23-24-25-26-27-28-29-31-32-34-36-38-40-42-47(50)52-45-46(44-49)53-48(51)43-41-39-37-35-33-30-18-16-14-12-10-8-6-4-2/h10,12,16,18,20-21,46,49H,3-9,11,13-15,17,19,22-45H2,1-2H3/b12-10-,18-16-,21-20-. The van der Waals surface area contributed by atoms with E-state index in [0.717, 1.165) is 51.4 Å². The van der Waals surface area contributed by atoms with Gasteiger partial charge < -0.3 is 14.6 Å². The second-order valence-corrected chi connectivity index (χ2v) is 15.5. The Morgan fingerprint density at radius 2 is 0.774 bits per heavy atom. The lowest BCUT2D eigenvalue weighted by atomic mass is 10.0. The van der Waals surface area contributed by atoms with E-state index in [0.29, 0.717) is 12.8 Å². The van der Waals surface area contributed by atoms with Crippen LogP contribution >= 0.6 is 0 Å². The molecule has 310 valence electrons. The van der Waals surface area contributed by atoms with Gasteiger partial charge in [0.1, 0.15) is 6.61 Å². The van der Waals surface area contributed by atoms with Crippen LogP contribution in [0.1, 0.15) is 239 Å². The topological polar surface area (TPSA) is 72.8 Å². The first-order valence-electron chi connectivity index (χ1n) is 23.0. The van der Waals surface area contributed by atoms with Gasteiger partial charge in [0.25, 0.3) is 0 Å². The van der Waals surface area contributed by atoms with Crippen LogP contribution in [-0.4, -0.2) is 36.4 Å². The first kappa shape index (κ1) is 51.1. The lowest BCUT2D eigenvalue weighted by Gasteiger charge is -2.15. The molecule has 53 heavy (non-hydrogen) atoms. The number of carbonyl (C=O) groups excluding carboxylic acids is 2. The molecule has 5 heteroatoms. The largest absolute Gasteiger partial charge is 0.462 e. The summed E-state index contributed by atoms with van der Waals surface area (Å²) < 4.78 is 10.6. The molecule has 0 aliphatic rings. The molecule has 0 aliphatic heterocycles. The van der Waals surface area contributed by atoms with Crippen LogP contribution in [0.15, 0.2) is 36.5 Å². The van der Waals surface area contributed by atoms with Gasteiger partial charge in [-0.15, -0.1) is 0 Å². The van der Waals surface area contributed by atoms with Crippen molar-refractivity contribution in [2.24, 2.45) is 0 Å². The van der Waals surface area contributed by atoms with E-state index in [-0.39, 0.29) is 25.2 Å². The lowest BCUT2D eigenvalue weighted by Crippen LogP contribution is -2.28. The molecule has 1 unspecified atom stereocenters. The molecule has 0 radical (unpaired) electrons. The van der Waals surface area contributed by atoms with Crippen LogP contribution in [0, 0.1) is 0 Å². The SMILES string of the molecule is CCCC/C=C\C/C=C\CCCCCCCC(=O)OC(CO)COC(=O)CCCCCCCCCCCCCCC/C=C\CCCCCCCCCC. The number of rotatable bonds is 42. The molecule has 0 heterocycles. The van der Waals surface area contributed by atoms with Gasteiger partial charge in [-0.3, -0.25) is 9.59 Å². The number of ether oxygens (including phenoxy) is 2. The molecule has 1 N–H and O–H groups in total. The zero-order valence-corrected chi connectivity index (χ0v) is 35.3. The summed E-state index contributed by atoms with van der Waals surface area (Å²) in [5.41, 5.74) is 0. The van der Waals surface area contributed by atoms with Gasteiger partial charge in [0.2, 0.25) is 0 Å². The van der Waals surface area contributed by atoms with E-state index in [1.54, 1.807) is 0 Å². The predicted octanol–water partition coefficient (Wildman–Crippen LogP) is 14.8. The maximum Gasteiger partial charge on any atom is 0.306 e. The van der Waals surface area contributed by atoms with E-state index < -0.39 is 6.10 Å². The first-order chi connectivity index (χ1) is 26.1. The number of unbranched alkanes of at least 4 members (excludes halogenated alkanes) is 28. The summed E-state index contributed by atoms with van der Waals surface area (Å²) in [5, 5.41) is 9.58. The molecule has 0 bridgehead atoms. The number of hydrogen-bond donors (Lipinski definition) is 1. The van der Waals surface area contributed by atoms with Crippen molar-refractivity contribution in [1.29, 1.82) is 0 Å². The van der Waals surface area contributed by atoms with Crippen LogP contribution in [-0.2, 0) is 19.1 Å². The van der Waals surface area contributed by atoms with Crippen molar-refractivity contribution < 1.29 is 24.2 Å². The molecule has 0 aromatic carbocycles. The predicted molar refractivity (Wildman–Crippen MR) is 228 cm³/mol. The minimum absolute atomic E-state index is 0.0695. The van der Waals surface area contributed by atoms with Crippen LogP contribution in [0.3, 0.4) is 0 Å². The molecule has 0 aliphatic carbocycles. The first-order valence-corrected chi connectivity index (χ1v) is 23.0. The van der Waals surface area contributed by atoms with E-state index in [1.165, 1.54) is 161 Å². The third-order valence-electron chi connectivity index (χ3n) is 10.2. The Morgan fingerprint density at radius 1 is 0.434 bits per heavy atom. The molecule has 1 atom stereocenters. The highest BCUT2D eigenvalue weighted by molar-refractivity contribution is 5.70. The molecule has 0 rings (SSSR count). The summed E-state index contributed by atoms with van der Waals surface area (Å²) in [6.45, 7) is 4.10. The summed E-state index contributed by atoms with van der Waals surface area (Å²) in [6, 6.07) is 0. The highest BCUT2D eigenvalue weighted by Gasteiger charge is 2.16. The van der Waals surface area contributed by atoms with Crippen LogP contribution in [0.2, 0.25) is 0 Å². The summed E-state index contributed by atoms with van der Waals surface area (Å²) in [7, 11) is 0. The Labute approximate surface area is 329 Å². The van der Waals surface area contributed by atoms with E-state index in [4.69, 9.17) is 9.47 Å². The van der Waals surface area contributed by atoms with Crippen LogP contribution in [0.5, 0.6) is 0 Å². The number of aliphatic hydroxyl groups is 1. The Hall–Kier alpha value is -1.88. The van der Waals surface area contributed by atoms with E-state index in [9.17, 15) is 14.7 Å². The molecule has 0 saturated carbocycles. The van der Waals surface area contributed by atoms with E-state index in [2.05, 4.69) is 50.3 Å². The van der Waals surface area contributed by atoms with Crippen molar-refractivity contribution in [2.75, 3.05) is 13.2 Å². The average Bonchev–Trinajstić information content (AvgIpc) is 3.16. The second-order valence-electron chi connectivity index (χ2n) is 15.5. The number of hydrogen-bond acceptors (Lipinski definition) is 5. The van der Waals surface area contributed by atoms with Gasteiger partial charge in [-0.25, -0.2) is 0 Å². The normalized spacial score (nSPS) is 12.4. The minimum atomic E-state index is -0.777. The van der Waals surface area contributed by atoms with E-state index >= 15 is 0 Å². The monoisotopic (exact) mass is 745 g/mol. The van der Waals surface area contributed by atoms with Crippen LogP contribution < -0.4 is 0 Å². The molecule has 0 amide bonds. The smallest absolute Gasteiger partial charge is 0.306 e. The Morgan fingerprint density at radius 3 is 1.19 bits per heavy atom. The maximum absolute atomic E-state index is 12.2. The highest BCUT2D eigenvalue weighted by Crippen LogP contribution is 2.15. The number of esters is 2. The third-order valence-corrected chi connectivity index (χ3v) is 10.2. The molecular formula is C48H88O5. The van der Waals surface area contributed by atoms with Crippen molar-refractivity contribution in [1.82, 2.24) is 0 Å². The fraction of sp³-hybridized carbons (Fsp3) is 0.833. The summed E-state index contributed by atoms with van der Waals surface area (Å²) in [5.74, 6) is -0.601. The molecule has 0 fully saturated rings. The summed E-state index contributed by atoms with van der Waals surface area (Å²) in [4.78, 5) is 24.3. The quantitative estimate of drug-likeness (QED) is 0.0383. The minimum Gasteiger partial charge on any atom is -0.462 e. The van der Waals surface area contributed by atoms with Gasteiger partial charge >= 0.3 is 11.9 Å². The molecular weight excluding hydrogens is 657 g/mol. The Balaban J connectivity index is 3.48. The molecule has 0 saturated heterocycles. The number of allylic oxidation sites excluding steroid dienone is 6. The van der Waals surface area contributed by atoms with Crippen molar-refractivity contribution >= 4 is 11.9 Å². The molecule has 0 aromatic rings. The zero-order chi connectivity index (χ0) is 38.6. The average molecular weight is 745 g/mol. The van der Waals surface area contributed by atoms with E-state index in [1.807, 2.05) is 0 Å². The molecule has 0 spiro atoms. The zero-order valence-electron chi connectivity index (χ0n) is 35.3. The summed E-state index contributed by atoms with van der Waals surface area (Å²) >= 11 is 0. The second kappa shape index (κ2) is 44.5. The lowest BCUT2D eigenvalue weighted by molar-refractivity contribution is -0.161. The Bertz CT molecular complexity index is 847. The fourth-order valence-electron chi connectivity index (χ4n) is 6.63. The van der Waals surface area contributed by atoms with Gasteiger partial charge in [0.05, 0.1) is 6.61 Å². The molecule has 5 nitrogen and oxygen atoms in total. The number of aliphatic hydroxyl groups excluding tert-OH is 1. The third kappa shape index (κ3) is 42.7. The van der Waals surface area contributed by atoms with Crippen molar-refractivity contribution in [3.8, 4) is 0 Å². The molecule has 0 aromatic heterocycles. The van der Waals surface area contributed by atoms with Gasteiger partial charge in [0.15, 0.2) is 6.10 Å². The summed E-state index contributed by atoms with van der Waals surface area (Å²) in [6.07, 6.45) is 55.1. The fourth-order valence-corrected chi connectivity index (χ4v) is 6.63. The van der Waals surface area contributed by atoms with Crippen LogP contribution in [0.25, 0.3) is 0 Å².